The molecule has 0 unspecified atom stereocenters. The van der Waals surface area contributed by atoms with Crippen molar-refractivity contribution in [3.63, 3.8) is 0 Å². The lowest BCUT2D eigenvalue weighted by Crippen LogP contribution is -1.82. The predicted molar refractivity (Wildman–Crippen MR) is 59.9 cm³/mol. The molecule has 2 aromatic heterocycles. The van der Waals surface area contributed by atoms with E-state index in [4.69, 9.17) is 11.6 Å². The van der Waals surface area contributed by atoms with Gasteiger partial charge < -0.3 is 8.83 Å². The van der Waals surface area contributed by atoms with Crippen LogP contribution in [0.1, 0.15) is 21.1 Å². The van der Waals surface area contributed by atoms with Crippen LogP contribution >= 0.6 is 11.6 Å². The molecular weight excluding hydrogens is 266 g/mol. The first kappa shape index (κ1) is 13.7. The molecule has 0 aliphatic rings. The molecule has 0 saturated heterocycles. The van der Waals surface area contributed by atoms with Gasteiger partial charge in [0.05, 0.1) is 6.07 Å². The number of aldehydes is 2. The Morgan fingerprint density at radius 3 is 1.89 bits per heavy atom. The Morgan fingerprint density at radius 2 is 1.61 bits per heavy atom. The number of halogens is 1. The average Bonchev–Trinajstić information content (AvgIpc) is 2.97. The molecule has 0 spiro atoms. The maximum Gasteiger partial charge on any atom is 0.433 e. The molecule has 0 aromatic carbocycles. The van der Waals surface area contributed by atoms with Crippen LogP contribution in [0, 0.1) is 10.1 Å². The molecule has 2 rings (SSSR count). The molecule has 0 N–H and O–H groups in total. The van der Waals surface area contributed by atoms with E-state index in [2.05, 4.69) is 8.83 Å². The smallest absolute Gasteiger partial charge is 0.433 e. The fourth-order valence-corrected chi connectivity index (χ4v) is 1.05. The highest BCUT2D eigenvalue weighted by Crippen LogP contribution is 2.13. The lowest BCUT2D eigenvalue weighted by atomic mass is 10.5. The molecule has 0 bridgehead atoms. The predicted octanol–water partition coefficient (Wildman–Crippen LogP) is 2.75. The number of nitro groups is 1. The van der Waals surface area contributed by atoms with Crippen LogP contribution in [0.5, 0.6) is 0 Å². The molecular formula is C10H6ClNO6. The van der Waals surface area contributed by atoms with Gasteiger partial charge in [0, 0.05) is 0 Å². The second-order valence-corrected chi connectivity index (χ2v) is 3.18. The molecule has 94 valence electrons. The van der Waals surface area contributed by atoms with Crippen molar-refractivity contribution in [3.05, 3.63) is 51.1 Å². The topological polar surface area (TPSA) is 104 Å². The van der Waals surface area contributed by atoms with Gasteiger partial charge in [-0.2, -0.15) is 0 Å². The van der Waals surface area contributed by atoms with E-state index in [1.807, 2.05) is 0 Å². The highest BCUT2D eigenvalue weighted by molar-refractivity contribution is 6.28. The van der Waals surface area contributed by atoms with E-state index in [-0.39, 0.29) is 16.7 Å². The molecule has 18 heavy (non-hydrogen) atoms. The van der Waals surface area contributed by atoms with Crippen LogP contribution in [0.2, 0.25) is 5.22 Å². The number of hydrogen-bond donors (Lipinski definition) is 0. The van der Waals surface area contributed by atoms with E-state index in [1.54, 1.807) is 0 Å². The summed E-state index contributed by atoms with van der Waals surface area (Å²) in [6, 6.07) is 5.40. The number of carbonyl (C=O) groups excluding carboxylic acids is 2. The number of rotatable bonds is 3. The minimum atomic E-state index is -0.701. The Hall–Kier alpha value is -2.41. The molecule has 0 amide bonds. The largest absolute Gasteiger partial charge is 0.442 e. The van der Waals surface area contributed by atoms with Crippen molar-refractivity contribution in [2.45, 2.75) is 0 Å². The number of hydrogen-bond acceptors (Lipinski definition) is 6. The zero-order valence-electron chi connectivity index (χ0n) is 8.74. The van der Waals surface area contributed by atoms with Gasteiger partial charge >= 0.3 is 5.88 Å². The maximum atomic E-state index is 9.93. The SMILES string of the molecule is O=Cc1ccc(Cl)o1.O=Cc1ccc([N+](=O)[O-])o1. The van der Waals surface area contributed by atoms with Gasteiger partial charge in [0.1, 0.15) is 4.92 Å². The summed E-state index contributed by atoms with van der Waals surface area (Å²) in [5.74, 6) is -0.191. The summed E-state index contributed by atoms with van der Waals surface area (Å²) in [4.78, 5) is 29.0. The van der Waals surface area contributed by atoms with Crippen LogP contribution in [0.15, 0.2) is 33.1 Å². The molecule has 2 heterocycles. The Bertz CT molecular complexity index is 558. The number of nitrogens with zero attached hydrogens (tertiary/aromatic N) is 1. The summed E-state index contributed by atoms with van der Waals surface area (Å²) in [5.41, 5.74) is 0. The lowest BCUT2D eigenvalue weighted by Gasteiger charge is -1.79. The Morgan fingerprint density at radius 1 is 1.06 bits per heavy atom. The Kier molecular flexibility index (Phi) is 4.82. The zero-order valence-corrected chi connectivity index (χ0v) is 9.49. The fourth-order valence-electron chi connectivity index (χ4n) is 0.895. The first-order valence-electron chi connectivity index (χ1n) is 4.46. The van der Waals surface area contributed by atoms with Crippen molar-refractivity contribution in [1.82, 2.24) is 0 Å². The van der Waals surface area contributed by atoms with E-state index in [0.717, 1.165) is 6.07 Å². The maximum absolute atomic E-state index is 9.93. The fraction of sp³-hybridized carbons (Fsp3) is 0. The van der Waals surface area contributed by atoms with Crippen molar-refractivity contribution < 1.29 is 23.3 Å². The van der Waals surface area contributed by atoms with E-state index >= 15 is 0 Å². The molecule has 0 aliphatic heterocycles. The second kappa shape index (κ2) is 6.36. The molecule has 0 saturated carbocycles. The van der Waals surface area contributed by atoms with Gasteiger partial charge in [-0.05, 0) is 29.8 Å². The van der Waals surface area contributed by atoms with E-state index < -0.39 is 10.8 Å². The minimum absolute atomic E-state index is 0.0355. The summed E-state index contributed by atoms with van der Waals surface area (Å²) in [7, 11) is 0. The standard InChI is InChI=1S/C5H3ClO2.C5H3NO4/c6-5-2-1-4(3-7)8-5;7-3-4-1-2-5(10-4)6(8)9/h1-3H;1-3H. The van der Waals surface area contributed by atoms with Gasteiger partial charge in [0.25, 0.3) is 0 Å². The Labute approximate surface area is 105 Å². The second-order valence-electron chi connectivity index (χ2n) is 2.81. The summed E-state index contributed by atoms with van der Waals surface area (Å²) in [6.45, 7) is 0. The molecule has 8 heteroatoms. The van der Waals surface area contributed by atoms with Gasteiger partial charge in [-0.1, -0.05) is 0 Å². The highest BCUT2D eigenvalue weighted by Gasteiger charge is 2.10. The third-order valence-corrected chi connectivity index (χ3v) is 1.82. The van der Waals surface area contributed by atoms with Crippen molar-refractivity contribution in [1.29, 1.82) is 0 Å². The molecule has 0 atom stereocenters. The van der Waals surface area contributed by atoms with Crippen LogP contribution in [0.4, 0.5) is 5.88 Å². The van der Waals surface area contributed by atoms with Crippen molar-refractivity contribution in [2.24, 2.45) is 0 Å². The number of carbonyl (C=O) groups is 2. The highest BCUT2D eigenvalue weighted by atomic mass is 35.5. The molecule has 7 nitrogen and oxygen atoms in total. The van der Waals surface area contributed by atoms with E-state index in [9.17, 15) is 19.7 Å². The third kappa shape index (κ3) is 3.87. The monoisotopic (exact) mass is 271 g/mol. The third-order valence-electron chi connectivity index (χ3n) is 1.62. The molecule has 0 radical (unpaired) electrons. The van der Waals surface area contributed by atoms with Crippen LogP contribution in [-0.2, 0) is 0 Å². The van der Waals surface area contributed by atoms with Gasteiger partial charge in [-0.15, -0.1) is 0 Å². The zero-order chi connectivity index (χ0) is 13.5. The molecule has 0 fully saturated rings. The summed E-state index contributed by atoms with van der Waals surface area (Å²) in [5, 5.41) is 10.2. The van der Waals surface area contributed by atoms with Gasteiger partial charge in [0.15, 0.2) is 29.3 Å². The van der Waals surface area contributed by atoms with Crippen molar-refractivity contribution in [3.8, 4) is 0 Å². The summed E-state index contributed by atoms with van der Waals surface area (Å²) < 4.78 is 9.06. The van der Waals surface area contributed by atoms with Crippen LogP contribution < -0.4 is 0 Å². The van der Waals surface area contributed by atoms with Crippen molar-refractivity contribution in [2.75, 3.05) is 0 Å². The quantitative estimate of drug-likeness (QED) is 0.483. The average molecular weight is 272 g/mol. The minimum Gasteiger partial charge on any atom is -0.442 e. The first-order valence-corrected chi connectivity index (χ1v) is 4.84. The van der Waals surface area contributed by atoms with Crippen molar-refractivity contribution >= 4 is 30.1 Å². The molecule has 0 aliphatic carbocycles. The van der Waals surface area contributed by atoms with Crippen LogP contribution in [-0.4, -0.2) is 17.5 Å². The first-order chi connectivity index (χ1) is 8.56. The van der Waals surface area contributed by atoms with E-state index in [0.29, 0.717) is 12.6 Å². The lowest BCUT2D eigenvalue weighted by molar-refractivity contribution is -0.402. The summed E-state index contributed by atoms with van der Waals surface area (Å²) >= 11 is 5.31. The van der Waals surface area contributed by atoms with Crippen LogP contribution in [0.25, 0.3) is 0 Å². The van der Waals surface area contributed by atoms with Crippen LogP contribution in [0.3, 0.4) is 0 Å². The molecule has 2 aromatic rings. The summed E-state index contributed by atoms with van der Waals surface area (Å²) in [6.07, 6.45) is 1.01. The van der Waals surface area contributed by atoms with Gasteiger partial charge in [0.2, 0.25) is 0 Å². The van der Waals surface area contributed by atoms with E-state index in [1.165, 1.54) is 18.2 Å². The number of furan rings is 2. The normalized spacial score (nSPS) is 9.17. The van der Waals surface area contributed by atoms with Gasteiger partial charge in [-0.3, -0.25) is 19.7 Å². The van der Waals surface area contributed by atoms with Gasteiger partial charge in [-0.25, -0.2) is 0 Å². The Balaban J connectivity index is 0.000000184.